The molecule has 0 aromatic heterocycles. The molecule has 1 amide bonds. The molecule has 0 saturated carbocycles. The number of ketones is 1. The smallest absolute Gasteiger partial charge is 0.295 e. The summed E-state index contributed by atoms with van der Waals surface area (Å²) in [4.78, 5) is 28.1. The number of halogens is 1. The molecule has 2 aromatic carbocycles. The third kappa shape index (κ3) is 3.12. The summed E-state index contributed by atoms with van der Waals surface area (Å²) in [5.41, 5.74) is 2.39. The van der Waals surface area contributed by atoms with E-state index in [2.05, 4.69) is 15.9 Å². The van der Waals surface area contributed by atoms with Gasteiger partial charge in [-0.05, 0) is 29.8 Å². The third-order valence-corrected chi connectivity index (χ3v) is 5.05. The third-order valence-electron chi connectivity index (χ3n) is 4.52. The fourth-order valence-electron chi connectivity index (χ4n) is 3.06. The second-order valence-electron chi connectivity index (χ2n) is 6.40. The van der Waals surface area contributed by atoms with Crippen LogP contribution in [0.1, 0.15) is 17.2 Å². The number of rotatable bonds is 3. The van der Waals surface area contributed by atoms with Crippen molar-refractivity contribution in [2.75, 3.05) is 26.0 Å². The summed E-state index contributed by atoms with van der Waals surface area (Å²) >= 11 is 3.35. The zero-order valence-corrected chi connectivity index (χ0v) is 16.3. The topological polar surface area (TPSA) is 60.9 Å². The summed E-state index contributed by atoms with van der Waals surface area (Å²) < 4.78 is 0.862. The maximum atomic E-state index is 12.5. The van der Waals surface area contributed by atoms with Crippen LogP contribution < -0.4 is 4.90 Å². The van der Waals surface area contributed by atoms with Crippen LogP contribution in [0.15, 0.2) is 58.6 Å². The fourth-order valence-corrected chi connectivity index (χ4v) is 3.32. The number of likely N-dealkylation sites (tertiary alicyclic amines) is 1. The Kier molecular flexibility index (Phi) is 4.87. The SMILES string of the molecule is CN(C)c1ccc([C@H]2C(=C(O)c3ccc(Br)cc3)C(=O)C(=O)N2C)cc1. The average Bonchev–Trinajstić information content (AvgIpc) is 2.86. The minimum absolute atomic E-state index is 0.109. The first kappa shape index (κ1) is 18.2. The van der Waals surface area contributed by atoms with Crippen molar-refractivity contribution in [2.24, 2.45) is 0 Å². The Balaban J connectivity index is 2.11. The number of carbonyl (C=O) groups is 2. The van der Waals surface area contributed by atoms with Crippen LogP contribution in [0.2, 0.25) is 0 Å². The highest BCUT2D eigenvalue weighted by Gasteiger charge is 2.44. The molecule has 3 rings (SSSR count). The number of aliphatic hydroxyl groups excluding tert-OH is 1. The molecular weight excluding hydrogens is 396 g/mol. The van der Waals surface area contributed by atoms with Crippen molar-refractivity contribution < 1.29 is 14.7 Å². The van der Waals surface area contributed by atoms with Gasteiger partial charge in [0.05, 0.1) is 11.6 Å². The lowest BCUT2D eigenvalue weighted by Crippen LogP contribution is -2.24. The first-order valence-electron chi connectivity index (χ1n) is 8.09. The van der Waals surface area contributed by atoms with Crippen LogP contribution in [0, 0.1) is 0 Å². The Morgan fingerprint density at radius 3 is 2.15 bits per heavy atom. The normalized spacial score (nSPS) is 19.1. The summed E-state index contributed by atoms with van der Waals surface area (Å²) in [6.07, 6.45) is 0. The van der Waals surface area contributed by atoms with Crippen LogP contribution in [0.3, 0.4) is 0 Å². The van der Waals surface area contributed by atoms with Gasteiger partial charge >= 0.3 is 0 Å². The molecule has 6 heteroatoms. The second-order valence-corrected chi connectivity index (χ2v) is 7.32. The molecule has 1 atom stereocenters. The maximum Gasteiger partial charge on any atom is 0.295 e. The highest BCUT2D eigenvalue weighted by atomic mass is 79.9. The molecular formula is C20H19BrN2O3. The van der Waals surface area contributed by atoms with Crippen molar-refractivity contribution in [3.8, 4) is 0 Å². The average molecular weight is 415 g/mol. The number of Topliss-reactive ketones (excluding diaryl/α,β-unsaturated/α-hetero) is 1. The summed E-state index contributed by atoms with van der Waals surface area (Å²) in [6.45, 7) is 0. The van der Waals surface area contributed by atoms with Gasteiger partial charge in [-0.1, -0.05) is 40.2 Å². The van der Waals surface area contributed by atoms with E-state index in [9.17, 15) is 14.7 Å². The number of carbonyl (C=O) groups excluding carboxylic acids is 2. The van der Waals surface area contributed by atoms with Crippen LogP contribution in [0.5, 0.6) is 0 Å². The van der Waals surface area contributed by atoms with Crippen LogP contribution >= 0.6 is 15.9 Å². The number of hydrogen-bond acceptors (Lipinski definition) is 4. The van der Waals surface area contributed by atoms with E-state index >= 15 is 0 Å². The van der Waals surface area contributed by atoms with Crippen molar-refractivity contribution in [1.29, 1.82) is 0 Å². The van der Waals surface area contributed by atoms with E-state index in [-0.39, 0.29) is 11.3 Å². The Hall–Kier alpha value is -2.60. The molecule has 134 valence electrons. The molecule has 5 nitrogen and oxygen atoms in total. The number of aliphatic hydroxyl groups is 1. The minimum Gasteiger partial charge on any atom is -0.507 e. The lowest BCUT2D eigenvalue weighted by molar-refractivity contribution is -0.139. The zero-order valence-electron chi connectivity index (χ0n) is 14.7. The molecule has 1 aliphatic rings. The van der Waals surface area contributed by atoms with E-state index in [1.807, 2.05) is 43.3 Å². The standard InChI is InChI=1S/C20H19BrN2O3/c1-22(2)15-10-6-12(7-11-15)17-16(19(25)20(26)23(17)3)18(24)13-4-8-14(21)9-5-13/h4-11,17,24H,1-3H3/t17-/m0/s1. The molecule has 2 aromatic rings. The minimum atomic E-state index is -0.672. The van der Waals surface area contributed by atoms with Gasteiger partial charge in [-0.2, -0.15) is 0 Å². The Morgan fingerprint density at radius 1 is 1.04 bits per heavy atom. The second kappa shape index (κ2) is 6.96. The van der Waals surface area contributed by atoms with Gasteiger partial charge in [0.15, 0.2) is 0 Å². The van der Waals surface area contributed by atoms with Crippen molar-refractivity contribution >= 4 is 39.1 Å². The Morgan fingerprint density at radius 2 is 1.62 bits per heavy atom. The number of likely N-dealkylation sites (N-methyl/N-ethyl adjacent to an activating group) is 1. The van der Waals surface area contributed by atoms with Crippen LogP contribution in [0.25, 0.3) is 5.76 Å². The Labute approximate surface area is 160 Å². The maximum absolute atomic E-state index is 12.5. The van der Waals surface area contributed by atoms with E-state index in [1.54, 1.807) is 31.3 Å². The summed E-state index contributed by atoms with van der Waals surface area (Å²) in [6, 6.07) is 13.9. The fraction of sp³-hybridized carbons (Fsp3) is 0.200. The molecule has 26 heavy (non-hydrogen) atoms. The van der Waals surface area contributed by atoms with Gasteiger partial charge in [0.25, 0.3) is 11.7 Å². The number of hydrogen-bond donors (Lipinski definition) is 1. The molecule has 0 unspecified atom stereocenters. The van der Waals surface area contributed by atoms with E-state index in [4.69, 9.17) is 0 Å². The van der Waals surface area contributed by atoms with Gasteiger partial charge < -0.3 is 14.9 Å². The Bertz CT molecular complexity index is 886. The molecule has 1 saturated heterocycles. The van der Waals surface area contributed by atoms with Crippen molar-refractivity contribution in [1.82, 2.24) is 4.90 Å². The van der Waals surface area contributed by atoms with Crippen LogP contribution in [-0.2, 0) is 9.59 Å². The highest BCUT2D eigenvalue weighted by molar-refractivity contribution is 9.10. The quantitative estimate of drug-likeness (QED) is 0.473. The number of anilines is 1. The van der Waals surface area contributed by atoms with Gasteiger partial charge in [0.2, 0.25) is 0 Å². The van der Waals surface area contributed by atoms with E-state index < -0.39 is 17.7 Å². The molecule has 1 aliphatic heterocycles. The number of nitrogens with zero attached hydrogens (tertiary/aromatic N) is 2. The van der Waals surface area contributed by atoms with Crippen LogP contribution in [0.4, 0.5) is 5.69 Å². The summed E-state index contributed by atoms with van der Waals surface area (Å²) in [5.74, 6) is -1.46. The number of amides is 1. The largest absolute Gasteiger partial charge is 0.507 e. The summed E-state index contributed by atoms with van der Waals surface area (Å²) in [7, 11) is 5.45. The van der Waals surface area contributed by atoms with Gasteiger partial charge in [0.1, 0.15) is 5.76 Å². The molecule has 0 bridgehead atoms. The van der Waals surface area contributed by atoms with Gasteiger partial charge in [0, 0.05) is 36.9 Å². The van der Waals surface area contributed by atoms with E-state index in [0.29, 0.717) is 5.56 Å². The van der Waals surface area contributed by atoms with Crippen LogP contribution in [-0.4, -0.2) is 42.8 Å². The molecule has 0 radical (unpaired) electrons. The molecule has 0 spiro atoms. The lowest BCUT2D eigenvalue weighted by Gasteiger charge is -2.22. The highest BCUT2D eigenvalue weighted by Crippen LogP contribution is 2.38. The van der Waals surface area contributed by atoms with Crippen molar-refractivity contribution in [3.05, 3.63) is 69.7 Å². The van der Waals surface area contributed by atoms with E-state index in [0.717, 1.165) is 15.7 Å². The van der Waals surface area contributed by atoms with Crippen molar-refractivity contribution in [3.63, 3.8) is 0 Å². The lowest BCUT2D eigenvalue weighted by atomic mass is 9.95. The zero-order chi connectivity index (χ0) is 19.0. The molecule has 1 fully saturated rings. The molecule has 1 heterocycles. The monoisotopic (exact) mass is 414 g/mol. The first-order valence-corrected chi connectivity index (χ1v) is 8.88. The van der Waals surface area contributed by atoms with E-state index in [1.165, 1.54) is 4.90 Å². The molecule has 1 N–H and O–H groups in total. The van der Waals surface area contributed by atoms with Gasteiger partial charge in [-0.15, -0.1) is 0 Å². The predicted octanol–water partition coefficient (Wildman–Crippen LogP) is 3.57. The van der Waals surface area contributed by atoms with Gasteiger partial charge in [-0.25, -0.2) is 0 Å². The van der Waals surface area contributed by atoms with Crippen molar-refractivity contribution in [2.45, 2.75) is 6.04 Å². The first-order chi connectivity index (χ1) is 12.3. The van der Waals surface area contributed by atoms with Gasteiger partial charge in [-0.3, -0.25) is 9.59 Å². The predicted molar refractivity (Wildman–Crippen MR) is 105 cm³/mol. The summed E-state index contributed by atoms with van der Waals surface area (Å²) in [5, 5.41) is 10.7. The number of benzene rings is 2. The molecule has 0 aliphatic carbocycles.